The fourth-order valence-electron chi connectivity index (χ4n) is 5.59. The van der Waals surface area contributed by atoms with Gasteiger partial charge in [0.1, 0.15) is 12.1 Å². The van der Waals surface area contributed by atoms with E-state index in [0.717, 1.165) is 0 Å². The third-order valence-electron chi connectivity index (χ3n) is 7.00. The van der Waals surface area contributed by atoms with Gasteiger partial charge in [0, 0.05) is 18.9 Å². The Labute approximate surface area is 188 Å². The molecular formula is C24H20N4O5. The molecule has 0 unspecified atom stereocenters. The lowest BCUT2D eigenvalue weighted by atomic mass is 9.88. The van der Waals surface area contributed by atoms with Crippen LogP contribution < -0.4 is 10.5 Å². The summed E-state index contributed by atoms with van der Waals surface area (Å²) in [6, 6.07) is 12.5. The Morgan fingerprint density at radius 2 is 1.82 bits per heavy atom. The van der Waals surface area contributed by atoms with Crippen molar-refractivity contribution in [2.45, 2.75) is 44.1 Å². The van der Waals surface area contributed by atoms with E-state index >= 15 is 0 Å². The summed E-state index contributed by atoms with van der Waals surface area (Å²) in [6.45, 7) is 3.07. The molecule has 2 fully saturated rings. The molecule has 1 spiro atoms. The summed E-state index contributed by atoms with van der Waals surface area (Å²) < 4.78 is 7.34. The minimum atomic E-state index is -1.28. The number of carbonyl (C=O) groups is 3. The molecule has 0 aliphatic carbocycles. The van der Waals surface area contributed by atoms with Crippen LogP contribution in [0.1, 0.15) is 31.9 Å². The fourth-order valence-corrected chi connectivity index (χ4v) is 5.59. The molecule has 33 heavy (non-hydrogen) atoms. The average molecular weight is 444 g/mol. The molecular weight excluding hydrogens is 424 g/mol. The van der Waals surface area contributed by atoms with E-state index in [1.807, 2.05) is 0 Å². The van der Waals surface area contributed by atoms with Crippen LogP contribution in [0.2, 0.25) is 0 Å². The number of nitrogens with zero attached hydrogens (tertiary/aromatic N) is 4. The molecule has 3 aliphatic heterocycles. The summed E-state index contributed by atoms with van der Waals surface area (Å²) in [5.41, 5.74) is 0.173. The molecule has 0 bridgehead atoms. The highest BCUT2D eigenvalue weighted by Gasteiger charge is 2.67. The first-order valence-electron chi connectivity index (χ1n) is 10.8. The predicted octanol–water partition coefficient (Wildman–Crippen LogP) is 1.70. The quantitative estimate of drug-likeness (QED) is 0.530. The topological polar surface area (TPSA) is 102 Å². The van der Waals surface area contributed by atoms with E-state index in [0.29, 0.717) is 22.2 Å². The lowest BCUT2D eigenvalue weighted by molar-refractivity contribution is -0.159. The number of ether oxygens (including phenoxy) is 1. The van der Waals surface area contributed by atoms with Crippen molar-refractivity contribution in [3.05, 3.63) is 70.8 Å². The van der Waals surface area contributed by atoms with Gasteiger partial charge in [-0.25, -0.2) is 9.78 Å². The normalized spacial score (nSPS) is 27.9. The molecule has 2 saturated heterocycles. The Balaban J connectivity index is 1.53. The van der Waals surface area contributed by atoms with Crippen molar-refractivity contribution in [2.75, 3.05) is 4.90 Å². The maximum atomic E-state index is 13.2. The van der Waals surface area contributed by atoms with Gasteiger partial charge in [0.25, 0.3) is 11.5 Å². The molecule has 2 amide bonds. The zero-order valence-corrected chi connectivity index (χ0v) is 18.0. The smallest absolute Gasteiger partial charge is 0.330 e. The van der Waals surface area contributed by atoms with Gasteiger partial charge < -0.3 is 9.64 Å². The molecule has 0 N–H and O–H groups in total. The van der Waals surface area contributed by atoms with Crippen LogP contribution in [0.5, 0.6) is 0 Å². The summed E-state index contributed by atoms with van der Waals surface area (Å²) in [4.78, 5) is 59.6. The number of carbonyl (C=O) groups excluding carboxylic acids is 3. The maximum absolute atomic E-state index is 13.2. The second-order valence-electron chi connectivity index (χ2n) is 8.71. The summed E-state index contributed by atoms with van der Waals surface area (Å²) in [6.07, 6.45) is 0.639. The average Bonchev–Trinajstić information content (AvgIpc) is 3.38. The second-order valence-corrected chi connectivity index (χ2v) is 8.71. The standard InChI is InChI=1S/C24H20N4O5/c1-13-20(30)28-18-10-6-4-8-16(18)24(23(28)27(13)14(2)29)11-19(22(32)33-24)26-12-25-17-9-5-3-7-15(17)21(26)31/h3-10,12-13,19,23H,11H2,1-2H3/t13-,19-,23-,24-/m0/s1. The van der Waals surface area contributed by atoms with E-state index in [1.54, 1.807) is 60.4 Å². The lowest BCUT2D eigenvalue weighted by Crippen LogP contribution is -2.52. The molecule has 3 aliphatic rings. The van der Waals surface area contributed by atoms with Crippen molar-refractivity contribution in [2.24, 2.45) is 0 Å². The summed E-state index contributed by atoms with van der Waals surface area (Å²) >= 11 is 0. The summed E-state index contributed by atoms with van der Waals surface area (Å²) in [7, 11) is 0. The highest BCUT2D eigenvalue weighted by Crippen LogP contribution is 2.57. The summed E-state index contributed by atoms with van der Waals surface area (Å²) in [5, 5.41) is 0.400. The Bertz CT molecular complexity index is 1430. The van der Waals surface area contributed by atoms with E-state index in [9.17, 15) is 19.2 Å². The SMILES string of the molecule is CC(=O)N1[C@H]2N(C(=O)[C@@H]1C)c1ccccc1[C@@]21C[C@H](n2cnc3ccccc3c2=O)C(=O)O1. The Kier molecular flexibility index (Phi) is 3.87. The molecule has 4 heterocycles. The van der Waals surface area contributed by atoms with Crippen molar-refractivity contribution in [1.82, 2.24) is 14.5 Å². The zero-order valence-electron chi connectivity index (χ0n) is 18.0. The zero-order chi connectivity index (χ0) is 23.1. The number of anilines is 1. The third-order valence-corrected chi connectivity index (χ3v) is 7.00. The first-order valence-corrected chi connectivity index (χ1v) is 10.8. The molecule has 4 atom stereocenters. The Hall–Kier alpha value is -4.01. The van der Waals surface area contributed by atoms with Gasteiger partial charge in [-0.05, 0) is 25.1 Å². The number of esters is 1. The number of fused-ring (bicyclic) bond motifs is 6. The Morgan fingerprint density at radius 1 is 1.09 bits per heavy atom. The van der Waals surface area contributed by atoms with Crippen LogP contribution in [0.3, 0.4) is 0 Å². The largest absolute Gasteiger partial charge is 0.448 e. The number of rotatable bonds is 1. The van der Waals surface area contributed by atoms with E-state index in [1.165, 1.54) is 22.7 Å². The van der Waals surface area contributed by atoms with Crippen LogP contribution in [0.25, 0.3) is 10.9 Å². The maximum Gasteiger partial charge on any atom is 0.330 e. The van der Waals surface area contributed by atoms with Crippen molar-refractivity contribution in [3.63, 3.8) is 0 Å². The van der Waals surface area contributed by atoms with E-state index in [2.05, 4.69) is 4.98 Å². The number of amides is 2. The lowest BCUT2D eigenvalue weighted by Gasteiger charge is -2.36. The molecule has 3 aromatic rings. The third kappa shape index (κ3) is 2.39. The van der Waals surface area contributed by atoms with E-state index < -0.39 is 29.8 Å². The van der Waals surface area contributed by atoms with E-state index in [-0.39, 0.29) is 23.8 Å². The first-order chi connectivity index (χ1) is 15.8. The molecule has 0 saturated carbocycles. The van der Waals surface area contributed by atoms with Gasteiger partial charge in [-0.3, -0.25) is 23.9 Å². The van der Waals surface area contributed by atoms with Crippen LogP contribution in [-0.2, 0) is 24.7 Å². The van der Waals surface area contributed by atoms with Gasteiger partial charge in [-0.1, -0.05) is 30.3 Å². The first kappa shape index (κ1) is 19.7. The highest BCUT2D eigenvalue weighted by molar-refractivity contribution is 6.05. The van der Waals surface area contributed by atoms with Gasteiger partial charge in [0.2, 0.25) is 5.91 Å². The van der Waals surface area contributed by atoms with Gasteiger partial charge in [-0.15, -0.1) is 0 Å². The Morgan fingerprint density at radius 3 is 2.61 bits per heavy atom. The minimum Gasteiger partial charge on any atom is -0.448 e. The van der Waals surface area contributed by atoms with Crippen LogP contribution in [-0.4, -0.2) is 44.4 Å². The second kappa shape index (κ2) is 6.50. The van der Waals surface area contributed by atoms with Crippen LogP contribution in [0.4, 0.5) is 5.69 Å². The van der Waals surface area contributed by atoms with Gasteiger partial charge in [0.05, 0.1) is 22.9 Å². The number of para-hydroxylation sites is 2. The number of hydrogen-bond acceptors (Lipinski definition) is 6. The number of benzene rings is 2. The van der Waals surface area contributed by atoms with Crippen molar-refractivity contribution in [3.8, 4) is 0 Å². The molecule has 9 heteroatoms. The van der Waals surface area contributed by atoms with Crippen molar-refractivity contribution >= 4 is 34.4 Å². The van der Waals surface area contributed by atoms with Crippen LogP contribution in [0, 0.1) is 0 Å². The molecule has 1 aromatic heterocycles. The van der Waals surface area contributed by atoms with Crippen molar-refractivity contribution < 1.29 is 19.1 Å². The van der Waals surface area contributed by atoms with Crippen LogP contribution >= 0.6 is 0 Å². The molecule has 2 aromatic carbocycles. The fraction of sp³-hybridized carbons (Fsp3) is 0.292. The van der Waals surface area contributed by atoms with Crippen molar-refractivity contribution in [1.29, 1.82) is 0 Å². The van der Waals surface area contributed by atoms with Gasteiger partial charge >= 0.3 is 5.97 Å². The van der Waals surface area contributed by atoms with Gasteiger partial charge in [0.15, 0.2) is 11.8 Å². The minimum absolute atomic E-state index is 0.0910. The molecule has 6 rings (SSSR count). The van der Waals surface area contributed by atoms with Crippen LogP contribution in [0.15, 0.2) is 59.7 Å². The summed E-state index contributed by atoms with van der Waals surface area (Å²) in [5.74, 6) is -1.12. The van der Waals surface area contributed by atoms with E-state index in [4.69, 9.17) is 4.74 Å². The highest BCUT2D eigenvalue weighted by atomic mass is 16.6. The molecule has 166 valence electrons. The predicted molar refractivity (Wildman–Crippen MR) is 117 cm³/mol. The molecule has 9 nitrogen and oxygen atoms in total. The number of hydrogen-bond donors (Lipinski definition) is 0. The monoisotopic (exact) mass is 444 g/mol. The molecule has 0 radical (unpaired) electrons. The number of aromatic nitrogens is 2. The van der Waals surface area contributed by atoms with Gasteiger partial charge in [-0.2, -0.15) is 0 Å².